The summed E-state index contributed by atoms with van der Waals surface area (Å²) in [5.41, 5.74) is 3.70. The number of nitrogens with one attached hydrogen (secondary N) is 2. The average Bonchev–Trinajstić information content (AvgIpc) is 3.08. The Hall–Kier alpha value is -3.13. The highest BCUT2D eigenvalue weighted by Crippen LogP contribution is 2.19. The molecular formula is C22H25N5O2S. The lowest BCUT2D eigenvalue weighted by Crippen LogP contribution is -2.18. The third kappa shape index (κ3) is 5.48. The molecule has 1 heterocycles. The fourth-order valence-electron chi connectivity index (χ4n) is 2.94. The van der Waals surface area contributed by atoms with E-state index in [2.05, 4.69) is 27.8 Å². The molecule has 0 aliphatic heterocycles. The van der Waals surface area contributed by atoms with Crippen molar-refractivity contribution >= 4 is 35.0 Å². The van der Waals surface area contributed by atoms with Gasteiger partial charge in [0.1, 0.15) is 5.82 Å². The second kappa shape index (κ2) is 10.1. The third-order valence-electron chi connectivity index (χ3n) is 4.67. The van der Waals surface area contributed by atoms with Crippen LogP contribution < -0.4 is 10.6 Å². The molecule has 8 heteroatoms. The molecule has 3 aromatic rings. The second-order valence-corrected chi connectivity index (χ2v) is 7.79. The number of hydrogen-bond acceptors (Lipinski definition) is 5. The fraction of sp³-hybridized carbons (Fsp3) is 0.273. The van der Waals surface area contributed by atoms with Gasteiger partial charge in [-0.05, 0) is 36.6 Å². The van der Waals surface area contributed by atoms with Gasteiger partial charge in [-0.3, -0.25) is 9.59 Å². The van der Waals surface area contributed by atoms with Crippen LogP contribution in [0, 0.1) is 6.92 Å². The van der Waals surface area contributed by atoms with E-state index in [0.29, 0.717) is 11.0 Å². The zero-order valence-electron chi connectivity index (χ0n) is 17.3. The summed E-state index contributed by atoms with van der Waals surface area (Å²) in [6.45, 7) is 3.99. The molecule has 0 bridgehead atoms. The van der Waals surface area contributed by atoms with E-state index in [1.807, 2.05) is 55.5 Å². The summed E-state index contributed by atoms with van der Waals surface area (Å²) in [4.78, 5) is 24.7. The normalized spacial score (nSPS) is 10.6. The lowest BCUT2D eigenvalue weighted by Gasteiger charge is -2.09. The molecule has 1 aromatic heterocycles. The SMILES string of the molecule is CCc1ccccc1NC(=O)CSc1nnc(CC(=O)Nc2ccccc2C)n1C. The minimum absolute atomic E-state index is 0.106. The molecule has 7 nitrogen and oxygen atoms in total. The van der Waals surface area contributed by atoms with E-state index < -0.39 is 0 Å². The van der Waals surface area contributed by atoms with E-state index in [4.69, 9.17) is 0 Å². The van der Waals surface area contributed by atoms with Gasteiger partial charge in [-0.25, -0.2) is 0 Å². The Kier molecular flexibility index (Phi) is 7.24. The van der Waals surface area contributed by atoms with Crippen molar-refractivity contribution in [2.45, 2.75) is 31.8 Å². The molecule has 0 radical (unpaired) electrons. The Bertz CT molecular complexity index is 1050. The predicted octanol–water partition coefficient (Wildman–Crippen LogP) is 3.60. The Balaban J connectivity index is 1.55. The molecule has 0 aliphatic rings. The first-order valence-electron chi connectivity index (χ1n) is 9.72. The maximum absolute atomic E-state index is 12.4. The van der Waals surface area contributed by atoms with Gasteiger partial charge in [0.05, 0.1) is 12.2 Å². The van der Waals surface area contributed by atoms with Gasteiger partial charge in [-0.1, -0.05) is 55.1 Å². The van der Waals surface area contributed by atoms with Crippen LogP contribution >= 0.6 is 11.8 Å². The highest BCUT2D eigenvalue weighted by molar-refractivity contribution is 7.99. The number of para-hydroxylation sites is 2. The number of carbonyl (C=O) groups excluding carboxylic acids is 2. The zero-order valence-corrected chi connectivity index (χ0v) is 18.1. The summed E-state index contributed by atoms with van der Waals surface area (Å²) in [5.74, 6) is 0.479. The Morgan fingerprint density at radius 1 is 0.967 bits per heavy atom. The van der Waals surface area contributed by atoms with Crippen molar-refractivity contribution in [3.05, 3.63) is 65.5 Å². The van der Waals surface area contributed by atoms with Crippen molar-refractivity contribution in [1.82, 2.24) is 14.8 Å². The van der Waals surface area contributed by atoms with Crippen molar-refractivity contribution in [2.24, 2.45) is 7.05 Å². The van der Waals surface area contributed by atoms with E-state index in [1.54, 1.807) is 11.6 Å². The molecule has 2 N–H and O–H groups in total. The van der Waals surface area contributed by atoms with E-state index >= 15 is 0 Å². The van der Waals surface area contributed by atoms with Crippen molar-refractivity contribution in [3.8, 4) is 0 Å². The van der Waals surface area contributed by atoms with Gasteiger partial charge in [0.2, 0.25) is 11.8 Å². The van der Waals surface area contributed by atoms with Gasteiger partial charge in [-0.15, -0.1) is 10.2 Å². The molecule has 2 aromatic carbocycles. The number of nitrogens with zero attached hydrogens (tertiary/aromatic N) is 3. The highest BCUT2D eigenvalue weighted by Gasteiger charge is 2.15. The molecule has 0 fully saturated rings. The molecule has 3 rings (SSSR count). The molecule has 0 spiro atoms. The number of hydrogen-bond donors (Lipinski definition) is 2. The van der Waals surface area contributed by atoms with Gasteiger partial charge >= 0.3 is 0 Å². The van der Waals surface area contributed by atoms with Crippen LogP contribution in [-0.4, -0.2) is 32.3 Å². The largest absolute Gasteiger partial charge is 0.325 e. The summed E-state index contributed by atoms with van der Waals surface area (Å²) < 4.78 is 1.75. The van der Waals surface area contributed by atoms with Crippen LogP contribution in [0.2, 0.25) is 0 Å². The van der Waals surface area contributed by atoms with Crippen molar-refractivity contribution in [3.63, 3.8) is 0 Å². The minimum Gasteiger partial charge on any atom is -0.325 e. The Morgan fingerprint density at radius 3 is 2.37 bits per heavy atom. The number of aryl methyl sites for hydroxylation is 2. The molecule has 30 heavy (non-hydrogen) atoms. The lowest BCUT2D eigenvalue weighted by molar-refractivity contribution is -0.116. The van der Waals surface area contributed by atoms with E-state index in [-0.39, 0.29) is 24.0 Å². The first-order valence-corrected chi connectivity index (χ1v) is 10.7. The first kappa shape index (κ1) is 21.6. The standard InChI is InChI=1S/C22H25N5O2S/c1-4-16-10-6-8-12-18(16)24-21(29)14-30-22-26-25-19(27(22)3)13-20(28)23-17-11-7-5-9-15(17)2/h5-12H,4,13-14H2,1-3H3,(H,23,28)(H,24,29). The van der Waals surface area contributed by atoms with Crippen LogP contribution in [0.25, 0.3) is 0 Å². The smallest absolute Gasteiger partial charge is 0.234 e. The fourth-order valence-corrected chi connectivity index (χ4v) is 3.67. The quantitative estimate of drug-likeness (QED) is 0.541. The summed E-state index contributed by atoms with van der Waals surface area (Å²) in [7, 11) is 1.79. The second-order valence-electron chi connectivity index (χ2n) is 6.85. The summed E-state index contributed by atoms with van der Waals surface area (Å²) >= 11 is 1.29. The number of anilines is 2. The summed E-state index contributed by atoms with van der Waals surface area (Å²) in [6, 6.07) is 15.4. The monoisotopic (exact) mass is 423 g/mol. The van der Waals surface area contributed by atoms with Gasteiger partial charge in [-0.2, -0.15) is 0 Å². The highest BCUT2D eigenvalue weighted by atomic mass is 32.2. The predicted molar refractivity (Wildman–Crippen MR) is 120 cm³/mol. The Morgan fingerprint density at radius 2 is 1.63 bits per heavy atom. The number of carbonyl (C=O) groups is 2. The van der Waals surface area contributed by atoms with Gasteiger partial charge in [0.15, 0.2) is 5.16 Å². The molecule has 2 amide bonds. The Labute approximate surface area is 180 Å². The van der Waals surface area contributed by atoms with Crippen molar-refractivity contribution < 1.29 is 9.59 Å². The van der Waals surface area contributed by atoms with Crippen molar-refractivity contribution in [2.75, 3.05) is 16.4 Å². The van der Waals surface area contributed by atoms with Crippen LogP contribution in [-0.2, 0) is 29.5 Å². The number of amides is 2. The van der Waals surface area contributed by atoms with Crippen LogP contribution in [0.5, 0.6) is 0 Å². The topological polar surface area (TPSA) is 88.9 Å². The third-order valence-corrected chi connectivity index (χ3v) is 5.69. The molecule has 0 saturated carbocycles. The average molecular weight is 424 g/mol. The van der Waals surface area contributed by atoms with Crippen molar-refractivity contribution in [1.29, 1.82) is 0 Å². The molecule has 0 aliphatic carbocycles. The van der Waals surface area contributed by atoms with Crippen LogP contribution in [0.3, 0.4) is 0 Å². The molecule has 0 saturated heterocycles. The van der Waals surface area contributed by atoms with Crippen LogP contribution in [0.15, 0.2) is 53.7 Å². The molecule has 0 atom stereocenters. The summed E-state index contributed by atoms with van der Waals surface area (Å²) in [5, 5.41) is 14.7. The van der Waals surface area contributed by atoms with Crippen LogP contribution in [0.4, 0.5) is 11.4 Å². The molecular weight excluding hydrogens is 398 g/mol. The number of benzene rings is 2. The summed E-state index contributed by atoms with van der Waals surface area (Å²) in [6.07, 6.45) is 0.954. The van der Waals surface area contributed by atoms with E-state index in [9.17, 15) is 9.59 Å². The maximum atomic E-state index is 12.4. The first-order chi connectivity index (χ1) is 14.5. The number of aromatic nitrogens is 3. The minimum atomic E-state index is -0.162. The molecule has 156 valence electrons. The van der Waals surface area contributed by atoms with E-state index in [0.717, 1.165) is 28.9 Å². The number of thioether (sulfide) groups is 1. The van der Waals surface area contributed by atoms with Gasteiger partial charge < -0.3 is 15.2 Å². The van der Waals surface area contributed by atoms with Crippen LogP contribution in [0.1, 0.15) is 23.9 Å². The van der Waals surface area contributed by atoms with E-state index in [1.165, 1.54) is 11.8 Å². The maximum Gasteiger partial charge on any atom is 0.234 e. The molecule has 0 unspecified atom stereocenters. The number of rotatable bonds is 8. The lowest BCUT2D eigenvalue weighted by atomic mass is 10.1. The van der Waals surface area contributed by atoms with Gasteiger partial charge in [0.25, 0.3) is 0 Å². The zero-order chi connectivity index (χ0) is 21.5. The van der Waals surface area contributed by atoms with Gasteiger partial charge in [0, 0.05) is 18.4 Å².